The number of aliphatic hydroxyl groups excluding tert-OH is 9. The molecule has 7 unspecified atom stereocenters. The van der Waals surface area contributed by atoms with Crippen molar-refractivity contribution < 1.29 is 137 Å². The molecule has 3 aliphatic heterocycles. The van der Waals surface area contributed by atoms with Crippen molar-refractivity contribution in [3.8, 4) is 0 Å². The minimum absolute atomic E-state index is 0.00597. The summed E-state index contributed by atoms with van der Waals surface area (Å²) in [5, 5.41) is 111. The molecule has 726 valence electrons. The molecular formula is C91H164N6O28. The highest BCUT2D eigenvalue weighted by molar-refractivity contribution is 5.87. The van der Waals surface area contributed by atoms with Gasteiger partial charge in [-0.3, -0.25) is 47.9 Å². The number of ether oxygens (including phenoxy) is 9. The van der Waals surface area contributed by atoms with Gasteiger partial charge in [0.25, 0.3) is 0 Å². The van der Waals surface area contributed by atoms with E-state index in [4.69, 9.17) is 42.6 Å². The maximum atomic E-state index is 13.9. The molecule has 15 N–H and O–H groups in total. The number of carbonyl (C=O) groups excluding carboxylic acids is 10. The van der Waals surface area contributed by atoms with E-state index in [1.54, 1.807) is 41.5 Å². The molecule has 0 spiro atoms. The zero-order chi connectivity index (χ0) is 93.9. The highest BCUT2D eigenvalue weighted by Crippen LogP contribution is 2.36. The molecule has 3 fully saturated rings. The van der Waals surface area contributed by atoms with Gasteiger partial charge in [-0.15, -0.1) is 0 Å². The summed E-state index contributed by atoms with van der Waals surface area (Å²) in [5.41, 5.74) is -6.62. The van der Waals surface area contributed by atoms with Crippen LogP contribution in [0.4, 0.5) is 0 Å². The van der Waals surface area contributed by atoms with E-state index < -0.39 is 168 Å². The van der Waals surface area contributed by atoms with Crippen molar-refractivity contribution in [3.63, 3.8) is 0 Å². The summed E-state index contributed by atoms with van der Waals surface area (Å²) >= 11 is 0. The van der Waals surface area contributed by atoms with Gasteiger partial charge in [0, 0.05) is 116 Å². The van der Waals surface area contributed by atoms with Crippen LogP contribution in [0.5, 0.6) is 0 Å². The second-order valence-corrected chi connectivity index (χ2v) is 38.1. The lowest BCUT2D eigenvalue weighted by Gasteiger charge is -2.48. The predicted octanol–water partition coefficient (Wildman–Crippen LogP) is 4.95. The molecule has 0 radical (unpaired) electrons. The molecule has 0 aromatic heterocycles. The summed E-state index contributed by atoms with van der Waals surface area (Å²) < 4.78 is 55.1. The molecule has 16 atom stereocenters. The third-order valence-electron chi connectivity index (χ3n) is 24.3. The van der Waals surface area contributed by atoms with Gasteiger partial charge in [-0.05, 0) is 145 Å². The number of hydrogen-bond donors (Lipinski definition) is 15. The Morgan fingerprint density at radius 2 is 0.672 bits per heavy atom. The molecule has 3 aliphatic rings. The Hall–Kier alpha value is -5.06. The van der Waals surface area contributed by atoms with Crippen molar-refractivity contribution in [1.82, 2.24) is 31.9 Å². The van der Waals surface area contributed by atoms with Crippen LogP contribution in [0, 0.1) is 10.8 Å². The summed E-state index contributed by atoms with van der Waals surface area (Å²) in [7, 11) is 0. The minimum atomic E-state index is -1.43. The van der Waals surface area contributed by atoms with E-state index in [2.05, 4.69) is 38.8 Å². The van der Waals surface area contributed by atoms with Gasteiger partial charge in [0.05, 0.1) is 99.9 Å². The van der Waals surface area contributed by atoms with E-state index >= 15 is 0 Å². The van der Waals surface area contributed by atoms with Crippen molar-refractivity contribution >= 4 is 58.5 Å². The van der Waals surface area contributed by atoms with Gasteiger partial charge in [0.2, 0.25) is 29.5 Å². The quantitative estimate of drug-likeness (QED) is 0.0358. The highest BCUT2D eigenvalue weighted by atomic mass is 16.6. The first-order valence-corrected chi connectivity index (χ1v) is 46.0. The lowest BCUT2D eigenvalue weighted by atomic mass is 9.80. The number of rotatable bonds is 69. The fourth-order valence-corrected chi connectivity index (χ4v) is 16.1. The van der Waals surface area contributed by atoms with E-state index in [-0.39, 0.29) is 145 Å². The van der Waals surface area contributed by atoms with Crippen LogP contribution in [0.1, 0.15) is 297 Å². The molecule has 125 heavy (non-hydrogen) atoms. The summed E-state index contributed by atoms with van der Waals surface area (Å²) in [4.78, 5) is 131. The normalized spacial score (nSPS) is 23.9. The summed E-state index contributed by atoms with van der Waals surface area (Å²) in [6.45, 7) is 27.0. The molecule has 0 aliphatic carbocycles. The van der Waals surface area contributed by atoms with E-state index in [1.165, 1.54) is 20.8 Å². The van der Waals surface area contributed by atoms with Crippen molar-refractivity contribution in [2.45, 2.75) is 416 Å². The van der Waals surface area contributed by atoms with Gasteiger partial charge in [-0.2, -0.15) is 0 Å². The minimum Gasteiger partial charge on any atom is -0.394 e. The van der Waals surface area contributed by atoms with Crippen LogP contribution < -0.4 is 31.9 Å². The Balaban J connectivity index is 1.59. The second-order valence-electron chi connectivity index (χ2n) is 38.1. The molecule has 0 aromatic rings. The lowest BCUT2D eigenvalue weighted by Crippen LogP contribution is -2.68. The van der Waals surface area contributed by atoms with Crippen LogP contribution in [0.3, 0.4) is 0 Å². The zero-order valence-electron chi connectivity index (χ0n) is 78.3. The Labute approximate surface area is 743 Å². The molecule has 5 amide bonds. The molecular weight excluding hydrogens is 1630 g/mol. The van der Waals surface area contributed by atoms with Crippen LogP contribution in [0.25, 0.3) is 0 Å². The Morgan fingerprint density at radius 3 is 1.05 bits per heavy atom. The molecule has 34 heteroatoms. The topological polar surface area (TPSA) is 508 Å². The molecule has 3 rings (SSSR count). The first-order chi connectivity index (χ1) is 58.7. The molecule has 0 aromatic carbocycles. The fraction of sp³-hybridized carbons (Fsp3) is 0.890. The Kier molecular flexibility index (Phi) is 52.3. The molecule has 3 heterocycles. The van der Waals surface area contributed by atoms with Crippen molar-refractivity contribution in [2.75, 3.05) is 92.4 Å². The van der Waals surface area contributed by atoms with Crippen LogP contribution >= 0.6 is 0 Å². The monoisotopic (exact) mass is 1790 g/mol. The van der Waals surface area contributed by atoms with E-state index in [0.717, 1.165) is 25.7 Å². The number of aliphatic hydroxyl groups is 9. The number of Topliss-reactive ketones (excluding diaryl/α,β-unsaturated/α-hetero) is 5. The third-order valence-corrected chi connectivity index (χ3v) is 24.3. The van der Waals surface area contributed by atoms with E-state index in [1.807, 2.05) is 41.5 Å². The van der Waals surface area contributed by atoms with Gasteiger partial charge in [-0.1, -0.05) is 79.6 Å². The maximum Gasteiger partial charge on any atom is 0.222 e. The summed E-state index contributed by atoms with van der Waals surface area (Å²) in [5.74, 6) is -1.78. The van der Waals surface area contributed by atoms with Crippen molar-refractivity contribution in [2.24, 2.45) is 10.8 Å². The van der Waals surface area contributed by atoms with Crippen LogP contribution in [0.2, 0.25) is 0 Å². The average Bonchev–Trinajstić information content (AvgIpc) is 0.794. The molecule has 3 saturated heterocycles. The second kappa shape index (κ2) is 57.3. The summed E-state index contributed by atoms with van der Waals surface area (Å²) in [6, 6.07) is -3.01. The maximum absolute atomic E-state index is 13.9. The van der Waals surface area contributed by atoms with E-state index in [9.17, 15) is 93.9 Å². The van der Waals surface area contributed by atoms with Gasteiger partial charge in [0.1, 0.15) is 102 Å². The van der Waals surface area contributed by atoms with Crippen molar-refractivity contribution in [3.05, 3.63) is 0 Å². The highest BCUT2D eigenvalue weighted by Gasteiger charge is 2.54. The van der Waals surface area contributed by atoms with Gasteiger partial charge >= 0.3 is 0 Å². The van der Waals surface area contributed by atoms with E-state index in [0.29, 0.717) is 129 Å². The SMILES string of the molecule is CCCCCCCC(=O)NC(COCCC(=O)CCCCCC(C)(C)C(=O)CCCCOC(C)(C)[C@@H]1OC(CO)[C@H](O)[C@H](O)C1NC(C)=O)(COCCC(=O)CCCCNC(C)(C)C(=O)CCCCOC(C)(C)[C@@H]1OC(CO)[C@H](O)[C@H](O)C1NC(C)=O)COCCC(=O)NCCCCC(C)(C)C(=O)CCCCOC(C)(C)[C@@H]1OC(CO)[C@H](O)[C@H](O)C1NC(C)=O. The number of ketones is 5. The van der Waals surface area contributed by atoms with Gasteiger partial charge in [-0.25, -0.2) is 0 Å². The number of amides is 5. The molecule has 34 nitrogen and oxygen atoms in total. The average molecular weight is 1790 g/mol. The summed E-state index contributed by atoms with van der Waals surface area (Å²) in [6.07, 6.45) is 0.530. The van der Waals surface area contributed by atoms with Crippen LogP contribution in [0.15, 0.2) is 0 Å². The zero-order valence-corrected chi connectivity index (χ0v) is 78.3. The smallest absolute Gasteiger partial charge is 0.222 e. The fourth-order valence-electron chi connectivity index (χ4n) is 16.1. The molecule has 0 saturated carbocycles. The van der Waals surface area contributed by atoms with Crippen LogP contribution in [-0.2, 0) is 90.6 Å². The number of carbonyl (C=O) groups is 10. The standard InChI is InChI=1S/C91H164N6O28/c1-17-18-19-20-23-40-72(110)97-91(57-117-51-41-63(104)35-22-21-28-44-85(5,6)68(106)37-25-32-48-120-88(11,12)82-73(94-60(2)101)79(114)76(111)65(54-98)123-82,58-118-52-42-64(105)36-24-30-47-93-87(9,10)70(108)39-27-34-50-122-90(15,16)84-75(96-62(4)103)81(116)78(113)67(56-100)125-84)59-119-53-43-71(109)92-46-31-29-45-86(7,8)69(107)38-26-33-49-121-89(13,14)83-74(95-61(3)102)80(115)77(112)66(55-99)124-83/h65-67,73-84,93,98-100,111-116H,17-59H2,1-16H3,(H,92,109)(H,94,101)(H,95,102)(H,96,103)(H,97,110)/t65?,66?,67?,73?,74?,75?,76-,77-,78-,79+,80+,81+,82+,83+,84+,91?/m0/s1. The first-order valence-electron chi connectivity index (χ1n) is 46.0. The predicted molar refractivity (Wildman–Crippen MR) is 467 cm³/mol. The van der Waals surface area contributed by atoms with Gasteiger partial charge in [0.15, 0.2) is 5.78 Å². The Bertz CT molecular complexity index is 2910. The Morgan fingerprint density at radius 1 is 0.344 bits per heavy atom. The van der Waals surface area contributed by atoms with Gasteiger partial charge < -0.3 is 120 Å². The lowest BCUT2D eigenvalue weighted by molar-refractivity contribution is -0.242. The van der Waals surface area contributed by atoms with Crippen molar-refractivity contribution in [1.29, 1.82) is 0 Å². The molecule has 0 bridgehead atoms. The number of hydrogen-bond acceptors (Lipinski definition) is 29. The third kappa shape index (κ3) is 41.1. The van der Waals surface area contributed by atoms with Crippen LogP contribution in [-0.4, -0.2) is 316 Å². The number of unbranched alkanes of at least 4 members (excludes halogenated alkanes) is 11. The largest absolute Gasteiger partial charge is 0.394 e. The first kappa shape index (κ1) is 114. The number of nitrogens with one attached hydrogen (secondary N) is 6.